The maximum absolute atomic E-state index is 10.1. The minimum Gasteiger partial charge on any atom is -0.496 e. The van der Waals surface area contributed by atoms with Crippen molar-refractivity contribution in [1.29, 1.82) is 0 Å². The molecule has 0 aliphatic heterocycles. The fourth-order valence-electron chi connectivity index (χ4n) is 1.69. The molecule has 2 aromatic rings. The second-order valence-corrected chi connectivity index (χ2v) is 4.12. The zero-order valence-corrected chi connectivity index (χ0v) is 10.1. The van der Waals surface area contributed by atoms with Crippen LogP contribution in [-0.2, 0) is 6.42 Å². The van der Waals surface area contributed by atoms with Gasteiger partial charge in [0.25, 0.3) is 0 Å². The number of ether oxygens (including phenoxy) is 1. The van der Waals surface area contributed by atoms with E-state index in [2.05, 4.69) is 0 Å². The number of halogens is 1. The molecule has 0 aliphatic rings. The van der Waals surface area contributed by atoms with Gasteiger partial charge < -0.3 is 14.3 Å². The van der Waals surface area contributed by atoms with Gasteiger partial charge in [0.1, 0.15) is 11.5 Å². The summed E-state index contributed by atoms with van der Waals surface area (Å²) in [5, 5.41) is 10.7. The van der Waals surface area contributed by atoms with Crippen molar-refractivity contribution in [2.45, 2.75) is 12.5 Å². The van der Waals surface area contributed by atoms with Crippen LogP contribution in [0.15, 0.2) is 41.0 Å². The molecule has 0 aliphatic carbocycles. The number of hydrogen-bond acceptors (Lipinski definition) is 3. The van der Waals surface area contributed by atoms with E-state index in [1.54, 1.807) is 37.6 Å². The molecule has 0 fully saturated rings. The van der Waals surface area contributed by atoms with E-state index in [0.29, 0.717) is 22.8 Å². The van der Waals surface area contributed by atoms with Gasteiger partial charge in [-0.05, 0) is 30.3 Å². The Labute approximate surface area is 105 Å². The first-order chi connectivity index (χ1) is 8.20. The van der Waals surface area contributed by atoms with Crippen LogP contribution in [0.4, 0.5) is 0 Å². The van der Waals surface area contributed by atoms with E-state index in [1.165, 1.54) is 0 Å². The Hall–Kier alpha value is -1.45. The molecule has 1 unspecified atom stereocenters. The van der Waals surface area contributed by atoms with Crippen LogP contribution in [0.25, 0.3) is 0 Å². The van der Waals surface area contributed by atoms with Crippen LogP contribution in [0, 0.1) is 0 Å². The number of benzene rings is 1. The smallest absolute Gasteiger partial charge is 0.124 e. The Morgan fingerprint density at radius 1 is 1.41 bits per heavy atom. The molecule has 4 heteroatoms. The first-order valence-corrected chi connectivity index (χ1v) is 5.62. The van der Waals surface area contributed by atoms with Gasteiger partial charge in [0.05, 0.1) is 19.5 Å². The molecular weight excluding hydrogens is 240 g/mol. The fraction of sp³-hybridized carbons (Fsp3) is 0.231. The number of aliphatic hydroxyl groups is 1. The third kappa shape index (κ3) is 2.81. The van der Waals surface area contributed by atoms with Crippen LogP contribution < -0.4 is 4.74 Å². The first-order valence-electron chi connectivity index (χ1n) is 5.24. The van der Waals surface area contributed by atoms with Crippen LogP contribution in [0.2, 0.25) is 5.02 Å². The summed E-state index contributed by atoms with van der Waals surface area (Å²) in [4.78, 5) is 0. The standard InChI is InChI=1S/C13H13ClO3/c1-16-13-5-4-9(14)7-11(13)12(15)8-10-3-2-6-17-10/h2-7,12,15H,8H2,1H3. The maximum atomic E-state index is 10.1. The predicted molar refractivity (Wildman–Crippen MR) is 65.4 cm³/mol. The number of hydrogen-bond donors (Lipinski definition) is 1. The van der Waals surface area contributed by atoms with Crippen LogP contribution in [0.3, 0.4) is 0 Å². The SMILES string of the molecule is COc1ccc(Cl)cc1C(O)Cc1ccco1. The fourth-order valence-corrected chi connectivity index (χ4v) is 1.88. The highest BCUT2D eigenvalue weighted by molar-refractivity contribution is 6.30. The quantitative estimate of drug-likeness (QED) is 0.909. The van der Waals surface area contributed by atoms with Crippen LogP contribution in [-0.4, -0.2) is 12.2 Å². The van der Waals surface area contributed by atoms with Gasteiger partial charge in [-0.2, -0.15) is 0 Å². The third-order valence-electron chi connectivity index (χ3n) is 2.53. The zero-order valence-electron chi connectivity index (χ0n) is 9.39. The lowest BCUT2D eigenvalue weighted by Gasteiger charge is -2.14. The molecule has 2 rings (SSSR count). The zero-order chi connectivity index (χ0) is 12.3. The molecule has 1 heterocycles. The van der Waals surface area contributed by atoms with Crippen LogP contribution >= 0.6 is 11.6 Å². The summed E-state index contributed by atoms with van der Waals surface area (Å²) < 4.78 is 10.4. The molecular formula is C13H13ClO3. The molecule has 90 valence electrons. The largest absolute Gasteiger partial charge is 0.496 e. The maximum Gasteiger partial charge on any atom is 0.124 e. The Kier molecular flexibility index (Phi) is 3.71. The van der Waals surface area contributed by atoms with Crippen LogP contribution in [0.5, 0.6) is 5.75 Å². The Balaban J connectivity index is 2.23. The van der Waals surface area contributed by atoms with Gasteiger partial charge in [0, 0.05) is 17.0 Å². The topological polar surface area (TPSA) is 42.6 Å². The van der Waals surface area contributed by atoms with Crippen molar-refractivity contribution in [3.63, 3.8) is 0 Å². The summed E-state index contributed by atoms with van der Waals surface area (Å²) in [6.45, 7) is 0. The molecule has 0 bridgehead atoms. The molecule has 17 heavy (non-hydrogen) atoms. The summed E-state index contributed by atoms with van der Waals surface area (Å²) >= 11 is 5.91. The summed E-state index contributed by atoms with van der Waals surface area (Å²) in [6, 6.07) is 8.78. The van der Waals surface area contributed by atoms with Crippen molar-refractivity contribution < 1.29 is 14.3 Å². The van der Waals surface area contributed by atoms with E-state index in [-0.39, 0.29) is 0 Å². The van der Waals surface area contributed by atoms with Gasteiger partial charge in [0.15, 0.2) is 0 Å². The second-order valence-electron chi connectivity index (χ2n) is 3.69. The molecule has 0 saturated carbocycles. The van der Waals surface area contributed by atoms with Gasteiger partial charge >= 0.3 is 0 Å². The van der Waals surface area contributed by atoms with Crippen molar-refractivity contribution in [1.82, 2.24) is 0 Å². The highest BCUT2D eigenvalue weighted by atomic mass is 35.5. The average molecular weight is 253 g/mol. The number of rotatable bonds is 4. The minimum atomic E-state index is -0.699. The molecule has 1 aromatic heterocycles. The lowest BCUT2D eigenvalue weighted by atomic mass is 10.0. The van der Waals surface area contributed by atoms with Crippen molar-refractivity contribution in [2.24, 2.45) is 0 Å². The lowest BCUT2D eigenvalue weighted by molar-refractivity contribution is 0.166. The normalized spacial score (nSPS) is 12.4. The van der Waals surface area contributed by atoms with E-state index >= 15 is 0 Å². The molecule has 0 saturated heterocycles. The van der Waals surface area contributed by atoms with E-state index in [0.717, 1.165) is 5.76 Å². The molecule has 1 aromatic carbocycles. The Bertz CT molecular complexity index is 479. The van der Waals surface area contributed by atoms with Gasteiger partial charge in [-0.25, -0.2) is 0 Å². The lowest BCUT2D eigenvalue weighted by Crippen LogP contribution is -2.03. The van der Waals surface area contributed by atoms with Crippen molar-refractivity contribution in [2.75, 3.05) is 7.11 Å². The van der Waals surface area contributed by atoms with E-state index < -0.39 is 6.10 Å². The molecule has 0 radical (unpaired) electrons. The first kappa shape index (κ1) is 12.0. The van der Waals surface area contributed by atoms with Crippen molar-refractivity contribution in [3.8, 4) is 5.75 Å². The second kappa shape index (κ2) is 5.25. The highest BCUT2D eigenvalue weighted by Crippen LogP contribution is 2.30. The Morgan fingerprint density at radius 3 is 2.88 bits per heavy atom. The van der Waals surface area contributed by atoms with Gasteiger partial charge in [-0.15, -0.1) is 0 Å². The van der Waals surface area contributed by atoms with E-state index in [9.17, 15) is 5.11 Å². The molecule has 0 spiro atoms. The van der Waals surface area contributed by atoms with Crippen molar-refractivity contribution in [3.05, 3.63) is 52.9 Å². The molecule has 1 atom stereocenters. The number of furan rings is 1. The minimum absolute atomic E-state index is 0.393. The van der Waals surface area contributed by atoms with Crippen molar-refractivity contribution >= 4 is 11.6 Å². The molecule has 1 N–H and O–H groups in total. The Morgan fingerprint density at radius 2 is 2.24 bits per heavy atom. The predicted octanol–water partition coefficient (Wildman–Crippen LogP) is 3.22. The monoisotopic (exact) mass is 252 g/mol. The van der Waals surface area contributed by atoms with Crippen LogP contribution in [0.1, 0.15) is 17.4 Å². The van der Waals surface area contributed by atoms with E-state index in [4.69, 9.17) is 20.8 Å². The number of aliphatic hydroxyl groups excluding tert-OH is 1. The average Bonchev–Trinajstić information content (AvgIpc) is 2.81. The third-order valence-corrected chi connectivity index (χ3v) is 2.76. The summed E-state index contributed by atoms with van der Waals surface area (Å²) in [6.07, 6.45) is 1.27. The summed E-state index contributed by atoms with van der Waals surface area (Å²) in [7, 11) is 1.56. The van der Waals surface area contributed by atoms with Gasteiger partial charge in [0.2, 0.25) is 0 Å². The van der Waals surface area contributed by atoms with Gasteiger partial charge in [-0.1, -0.05) is 11.6 Å². The highest BCUT2D eigenvalue weighted by Gasteiger charge is 2.15. The van der Waals surface area contributed by atoms with E-state index in [1.807, 2.05) is 6.07 Å². The molecule has 0 amide bonds. The summed E-state index contributed by atoms with van der Waals surface area (Å²) in [5.74, 6) is 1.34. The number of methoxy groups -OCH3 is 1. The molecule has 3 nitrogen and oxygen atoms in total. The van der Waals surface area contributed by atoms with Gasteiger partial charge in [-0.3, -0.25) is 0 Å². The summed E-state index contributed by atoms with van der Waals surface area (Å²) in [5.41, 5.74) is 0.663.